The number of halogens is 1. The first-order valence-corrected chi connectivity index (χ1v) is 9.22. The summed E-state index contributed by atoms with van der Waals surface area (Å²) in [4.78, 5) is 19.1. The zero-order chi connectivity index (χ0) is 16.4. The van der Waals surface area contributed by atoms with E-state index in [0.717, 1.165) is 15.9 Å². The minimum atomic E-state index is -0.0892. The largest absolute Gasteiger partial charge is 0.301 e. The molecular formula is C18H17BrN2OS. The van der Waals surface area contributed by atoms with Crippen molar-refractivity contribution in [2.24, 2.45) is 0 Å². The van der Waals surface area contributed by atoms with Gasteiger partial charge in [0.15, 0.2) is 5.16 Å². The summed E-state index contributed by atoms with van der Waals surface area (Å²) in [6.45, 7) is 4.08. The van der Waals surface area contributed by atoms with Crippen LogP contribution in [0.4, 0.5) is 0 Å². The number of aromatic amines is 1. The van der Waals surface area contributed by atoms with Gasteiger partial charge in [-0.05, 0) is 28.3 Å². The number of aromatic nitrogens is 2. The van der Waals surface area contributed by atoms with Gasteiger partial charge in [0.05, 0.1) is 5.69 Å². The fourth-order valence-corrected chi connectivity index (χ4v) is 3.69. The second-order valence-corrected chi connectivity index (χ2v) is 7.53. The lowest BCUT2D eigenvalue weighted by Gasteiger charge is -2.07. The Kier molecular flexibility index (Phi) is 4.87. The Bertz CT molecular complexity index is 905. The molecule has 0 unspecified atom stereocenters. The van der Waals surface area contributed by atoms with Crippen LogP contribution >= 0.6 is 27.7 Å². The van der Waals surface area contributed by atoms with Crippen LogP contribution in [0.2, 0.25) is 0 Å². The Hall–Kier alpha value is -1.59. The average Bonchev–Trinajstić information content (AvgIpc) is 2.52. The van der Waals surface area contributed by atoms with Crippen LogP contribution in [0.25, 0.3) is 10.8 Å². The van der Waals surface area contributed by atoms with Crippen LogP contribution in [0.5, 0.6) is 0 Å². The number of hydrogen-bond acceptors (Lipinski definition) is 3. The van der Waals surface area contributed by atoms with E-state index in [0.29, 0.717) is 5.16 Å². The SMILES string of the molecule is CC(C)c1cc(=O)[nH]c(SCc2ccc3c(Br)cccc3c2)n1. The van der Waals surface area contributed by atoms with E-state index < -0.39 is 0 Å². The first-order chi connectivity index (χ1) is 11.0. The van der Waals surface area contributed by atoms with Crippen molar-refractivity contribution >= 4 is 38.5 Å². The number of fused-ring (bicyclic) bond motifs is 1. The molecule has 2 aromatic carbocycles. The number of nitrogens with one attached hydrogen (secondary N) is 1. The molecule has 0 saturated carbocycles. The molecule has 3 rings (SSSR count). The maximum Gasteiger partial charge on any atom is 0.251 e. The smallest absolute Gasteiger partial charge is 0.251 e. The van der Waals surface area contributed by atoms with Crippen LogP contribution in [0.3, 0.4) is 0 Å². The Morgan fingerprint density at radius 3 is 2.83 bits per heavy atom. The van der Waals surface area contributed by atoms with Crippen molar-refractivity contribution < 1.29 is 0 Å². The molecule has 23 heavy (non-hydrogen) atoms. The molecule has 1 aromatic heterocycles. The van der Waals surface area contributed by atoms with Crippen LogP contribution in [-0.4, -0.2) is 9.97 Å². The highest BCUT2D eigenvalue weighted by atomic mass is 79.9. The summed E-state index contributed by atoms with van der Waals surface area (Å²) in [7, 11) is 0. The van der Waals surface area contributed by atoms with Gasteiger partial charge in [-0.3, -0.25) is 4.79 Å². The molecule has 0 atom stereocenters. The third kappa shape index (κ3) is 3.85. The predicted molar refractivity (Wildman–Crippen MR) is 100 cm³/mol. The number of rotatable bonds is 4. The van der Waals surface area contributed by atoms with Crippen molar-refractivity contribution in [3.05, 3.63) is 68.5 Å². The minimum absolute atomic E-state index is 0.0892. The van der Waals surface area contributed by atoms with E-state index in [1.807, 2.05) is 26.0 Å². The Labute approximate surface area is 147 Å². The first-order valence-electron chi connectivity index (χ1n) is 7.44. The van der Waals surface area contributed by atoms with Crippen molar-refractivity contribution in [2.75, 3.05) is 0 Å². The molecule has 0 fully saturated rings. The molecule has 1 N–H and O–H groups in total. The summed E-state index contributed by atoms with van der Waals surface area (Å²) in [5, 5.41) is 3.08. The Balaban J connectivity index is 1.82. The lowest BCUT2D eigenvalue weighted by atomic mass is 10.1. The van der Waals surface area contributed by atoms with Gasteiger partial charge in [0.2, 0.25) is 0 Å². The molecule has 0 bridgehead atoms. The fourth-order valence-electron chi connectivity index (χ4n) is 2.35. The monoisotopic (exact) mass is 388 g/mol. The zero-order valence-electron chi connectivity index (χ0n) is 13.0. The van der Waals surface area contributed by atoms with Crippen molar-refractivity contribution in [2.45, 2.75) is 30.7 Å². The second-order valence-electron chi connectivity index (χ2n) is 5.71. The van der Waals surface area contributed by atoms with E-state index in [1.54, 1.807) is 17.8 Å². The van der Waals surface area contributed by atoms with Gasteiger partial charge in [-0.2, -0.15) is 0 Å². The maximum absolute atomic E-state index is 11.7. The fraction of sp³-hybridized carbons (Fsp3) is 0.222. The molecule has 118 valence electrons. The molecular weight excluding hydrogens is 372 g/mol. The Morgan fingerprint density at radius 1 is 1.22 bits per heavy atom. The quantitative estimate of drug-likeness (QED) is 0.499. The highest BCUT2D eigenvalue weighted by molar-refractivity contribution is 9.10. The van der Waals surface area contributed by atoms with Gasteiger partial charge in [-0.25, -0.2) is 4.98 Å². The number of thioether (sulfide) groups is 1. The van der Waals surface area contributed by atoms with Gasteiger partial charge in [0, 0.05) is 16.3 Å². The molecule has 3 aromatic rings. The van der Waals surface area contributed by atoms with Gasteiger partial charge < -0.3 is 4.98 Å². The first kappa shape index (κ1) is 16.3. The number of nitrogens with zero attached hydrogens (tertiary/aromatic N) is 1. The van der Waals surface area contributed by atoms with E-state index in [-0.39, 0.29) is 11.5 Å². The summed E-state index contributed by atoms with van der Waals surface area (Å²) in [6.07, 6.45) is 0. The number of H-pyrrole nitrogens is 1. The van der Waals surface area contributed by atoms with Gasteiger partial charge in [-0.15, -0.1) is 0 Å². The summed E-state index contributed by atoms with van der Waals surface area (Å²) in [5.74, 6) is 1.02. The highest BCUT2D eigenvalue weighted by Gasteiger charge is 2.07. The van der Waals surface area contributed by atoms with Crippen molar-refractivity contribution in [1.82, 2.24) is 9.97 Å². The van der Waals surface area contributed by atoms with Crippen LogP contribution in [0.1, 0.15) is 31.0 Å². The van der Waals surface area contributed by atoms with Gasteiger partial charge >= 0.3 is 0 Å². The van der Waals surface area contributed by atoms with Crippen LogP contribution < -0.4 is 5.56 Å². The lowest BCUT2D eigenvalue weighted by molar-refractivity contribution is 0.769. The van der Waals surface area contributed by atoms with Gasteiger partial charge in [0.25, 0.3) is 5.56 Å². The molecule has 0 aliphatic carbocycles. The van der Waals surface area contributed by atoms with Crippen LogP contribution in [0, 0.1) is 0 Å². The predicted octanol–water partition coefficient (Wildman–Crippen LogP) is 5.10. The van der Waals surface area contributed by atoms with E-state index in [4.69, 9.17) is 0 Å². The maximum atomic E-state index is 11.7. The van der Waals surface area contributed by atoms with E-state index in [1.165, 1.54) is 16.3 Å². The van der Waals surface area contributed by atoms with Crippen molar-refractivity contribution in [3.8, 4) is 0 Å². The molecule has 0 aliphatic rings. The molecule has 0 amide bonds. The van der Waals surface area contributed by atoms with Crippen molar-refractivity contribution in [1.29, 1.82) is 0 Å². The number of hydrogen-bond donors (Lipinski definition) is 1. The third-order valence-corrected chi connectivity index (χ3v) is 5.23. The molecule has 0 radical (unpaired) electrons. The van der Waals surface area contributed by atoms with E-state index >= 15 is 0 Å². The zero-order valence-corrected chi connectivity index (χ0v) is 15.4. The third-order valence-electron chi connectivity index (χ3n) is 3.60. The van der Waals surface area contributed by atoms with Crippen molar-refractivity contribution in [3.63, 3.8) is 0 Å². The lowest BCUT2D eigenvalue weighted by Crippen LogP contribution is -2.10. The molecule has 5 heteroatoms. The van der Waals surface area contributed by atoms with Crippen LogP contribution in [0.15, 0.2) is 56.9 Å². The molecule has 0 saturated heterocycles. The normalized spacial score (nSPS) is 11.3. The number of benzene rings is 2. The minimum Gasteiger partial charge on any atom is -0.301 e. The highest BCUT2D eigenvalue weighted by Crippen LogP contribution is 2.27. The summed E-state index contributed by atoms with van der Waals surface area (Å²) >= 11 is 5.13. The molecule has 1 heterocycles. The average molecular weight is 389 g/mol. The standard InChI is InChI=1S/C18H17BrN2OS/c1-11(2)16-9-17(22)21-18(20-16)23-10-12-6-7-14-13(8-12)4-3-5-15(14)19/h3-9,11H,10H2,1-2H3,(H,20,21,22). The Morgan fingerprint density at radius 2 is 2.04 bits per heavy atom. The van der Waals surface area contributed by atoms with E-state index in [2.05, 4.69) is 50.2 Å². The van der Waals surface area contributed by atoms with Gasteiger partial charge in [-0.1, -0.05) is 71.9 Å². The van der Waals surface area contributed by atoms with E-state index in [9.17, 15) is 4.79 Å². The van der Waals surface area contributed by atoms with Crippen LogP contribution in [-0.2, 0) is 5.75 Å². The molecule has 0 spiro atoms. The molecule has 3 nitrogen and oxygen atoms in total. The summed E-state index contributed by atoms with van der Waals surface area (Å²) < 4.78 is 1.10. The summed E-state index contributed by atoms with van der Waals surface area (Å²) in [5.41, 5.74) is 1.95. The molecule has 0 aliphatic heterocycles. The van der Waals surface area contributed by atoms with Gasteiger partial charge in [0.1, 0.15) is 0 Å². The topological polar surface area (TPSA) is 45.8 Å². The summed E-state index contributed by atoms with van der Waals surface area (Å²) in [6, 6.07) is 14.2. The second kappa shape index (κ2) is 6.89.